The van der Waals surface area contributed by atoms with Crippen molar-refractivity contribution in [2.45, 2.75) is 0 Å². The molecule has 0 radical (unpaired) electrons. The van der Waals surface area contributed by atoms with Crippen molar-refractivity contribution in [1.29, 1.82) is 0 Å². The van der Waals surface area contributed by atoms with Gasteiger partial charge in [-0.25, -0.2) is 0 Å². The van der Waals surface area contributed by atoms with E-state index in [0.717, 1.165) is 56.9 Å². The van der Waals surface area contributed by atoms with Crippen LogP contribution in [0.3, 0.4) is 0 Å². The summed E-state index contributed by atoms with van der Waals surface area (Å²) >= 11 is 0. The lowest BCUT2D eigenvalue weighted by Gasteiger charge is -2.30. The summed E-state index contributed by atoms with van der Waals surface area (Å²) in [6, 6.07) is 78.5. The zero-order valence-electron chi connectivity index (χ0n) is 32.6. The number of benzene rings is 10. The van der Waals surface area contributed by atoms with Crippen molar-refractivity contribution in [1.82, 2.24) is 0 Å². The Morgan fingerprint density at radius 1 is 0.241 bits per heavy atom. The summed E-state index contributed by atoms with van der Waals surface area (Å²) in [5.41, 5.74) is 11.3. The van der Waals surface area contributed by atoms with Crippen molar-refractivity contribution in [2.24, 2.45) is 0 Å². The van der Waals surface area contributed by atoms with Gasteiger partial charge in [0.25, 0.3) is 0 Å². The molecule has 0 aliphatic rings. The van der Waals surface area contributed by atoms with Gasteiger partial charge in [-0.2, -0.15) is 0 Å². The van der Waals surface area contributed by atoms with E-state index in [1.807, 2.05) is 0 Å². The highest BCUT2D eigenvalue weighted by Gasteiger charge is 2.22. The first kappa shape index (κ1) is 34.9. The Kier molecular flexibility index (Phi) is 8.92. The molecule has 0 N–H and O–H groups in total. The zero-order chi connectivity index (χ0) is 39.0. The van der Waals surface area contributed by atoms with Crippen LogP contribution in [0.2, 0.25) is 0 Å². The lowest BCUT2D eigenvalue weighted by molar-refractivity contribution is 1.20. The monoisotopic (exact) mass is 746 g/mol. The van der Waals surface area contributed by atoms with E-state index in [-0.39, 0.29) is 0 Å². The summed E-state index contributed by atoms with van der Waals surface area (Å²) in [6.45, 7) is 0. The zero-order valence-corrected chi connectivity index (χ0v) is 32.6. The quantitative estimate of drug-likeness (QED) is 0.129. The molecular formula is C54H42N4. The van der Waals surface area contributed by atoms with Gasteiger partial charge < -0.3 is 19.6 Å². The van der Waals surface area contributed by atoms with Crippen LogP contribution in [-0.4, -0.2) is 14.1 Å². The summed E-state index contributed by atoms with van der Waals surface area (Å²) in [7, 11) is 4.24. The van der Waals surface area contributed by atoms with E-state index >= 15 is 0 Å². The fourth-order valence-electron chi connectivity index (χ4n) is 8.42. The minimum Gasteiger partial charge on any atom is -0.345 e. The molecule has 0 aliphatic carbocycles. The van der Waals surface area contributed by atoms with Crippen LogP contribution in [0, 0.1) is 0 Å². The first-order valence-corrected chi connectivity index (χ1v) is 19.8. The van der Waals surface area contributed by atoms with Gasteiger partial charge in [-0.3, -0.25) is 0 Å². The Hall–Kier alpha value is -7.56. The number of hydrogen-bond acceptors (Lipinski definition) is 4. The topological polar surface area (TPSA) is 13.0 Å². The molecular weight excluding hydrogens is 705 g/mol. The van der Waals surface area contributed by atoms with Crippen molar-refractivity contribution in [2.75, 3.05) is 33.7 Å². The molecule has 0 spiro atoms. The predicted molar refractivity (Wildman–Crippen MR) is 249 cm³/mol. The first-order valence-electron chi connectivity index (χ1n) is 19.8. The Bertz CT molecular complexity index is 2740. The third kappa shape index (κ3) is 6.22. The van der Waals surface area contributed by atoms with Crippen molar-refractivity contribution in [3.05, 3.63) is 218 Å². The highest BCUT2D eigenvalue weighted by molar-refractivity contribution is 6.28. The Morgan fingerprint density at radius 2 is 0.500 bits per heavy atom. The van der Waals surface area contributed by atoms with E-state index in [9.17, 15) is 0 Å². The van der Waals surface area contributed by atoms with Crippen LogP contribution >= 0.6 is 0 Å². The van der Waals surface area contributed by atoms with E-state index < -0.39 is 0 Å². The number of para-hydroxylation sites is 4. The minimum atomic E-state index is 1.10. The maximum absolute atomic E-state index is 2.39. The Balaban J connectivity index is 1.11. The van der Waals surface area contributed by atoms with Crippen LogP contribution in [0.1, 0.15) is 0 Å². The molecule has 0 atom stereocenters. The molecule has 10 aromatic carbocycles. The molecule has 58 heavy (non-hydrogen) atoms. The molecule has 10 rings (SSSR count). The molecule has 4 heteroatoms. The lowest BCUT2D eigenvalue weighted by atomic mass is 9.91. The maximum Gasteiger partial charge on any atom is 0.0540 e. The number of anilines is 10. The van der Waals surface area contributed by atoms with Gasteiger partial charge in [0.15, 0.2) is 0 Å². The van der Waals surface area contributed by atoms with Gasteiger partial charge in [0.05, 0.1) is 11.4 Å². The highest BCUT2D eigenvalue weighted by Crippen LogP contribution is 2.47. The fourth-order valence-corrected chi connectivity index (χ4v) is 8.42. The van der Waals surface area contributed by atoms with Crippen molar-refractivity contribution < 1.29 is 0 Å². The molecule has 0 unspecified atom stereocenters. The number of nitrogens with zero attached hydrogens (tertiary/aromatic N) is 4. The molecule has 4 nitrogen and oxygen atoms in total. The van der Waals surface area contributed by atoms with Crippen LogP contribution in [0.5, 0.6) is 0 Å². The van der Waals surface area contributed by atoms with E-state index in [1.165, 1.54) is 32.3 Å². The van der Waals surface area contributed by atoms with E-state index in [0.29, 0.717) is 0 Å². The molecule has 0 amide bonds. The van der Waals surface area contributed by atoms with E-state index in [2.05, 4.69) is 252 Å². The van der Waals surface area contributed by atoms with Crippen molar-refractivity contribution >= 4 is 89.2 Å². The van der Waals surface area contributed by atoms with Crippen molar-refractivity contribution in [3.8, 4) is 0 Å². The fraction of sp³-hybridized carbons (Fsp3) is 0.0370. The molecule has 0 saturated carbocycles. The third-order valence-corrected chi connectivity index (χ3v) is 11.4. The van der Waals surface area contributed by atoms with E-state index in [4.69, 9.17) is 0 Å². The standard InChI is InChI=1S/C54H42N4/c1-55(41-15-7-3-8-16-41)43-27-31-47(32-28-43)57(45-19-11-5-12-20-45)51-37-25-39-24-36-50-52(38-26-40-23-35-49(51)53(39)54(40)50)58(46-21-13-6-14-22-46)48-33-29-44(30-34-48)56(2)42-17-9-4-10-18-42/h3-38H,1-2H3. The van der Waals surface area contributed by atoms with Crippen LogP contribution < -0.4 is 19.6 Å². The molecule has 10 aromatic rings. The van der Waals surface area contributed by atoms with Gasteiger partial charge in [0.2, 0.25) is 0 Å². The summed E-state index contributed by atoms with van der Waals surface area (Å²) in [6.07, 6.45) is 0. The van der Waals surface area contributed by atoms with Gasteiger partial charge in [0.1, 0.15) is 0 Å². The van der Waals surface area contributed by atoms with Gasteiger partial charge in [-0.1, -0.05) is 109 Å². The second kappa shape index (κ2) is 14.8. The van der Waals surface area contributed by atoms with Crippen LogP contribution in [0.15, 0.2) is 218 Å². The minimum absolute atomic E-state index is 1.10. The summed E-state index contributed by atoms with van der Waals surface area (Å²) < 4.78 is 0. The molecule has 0 aliphatic heterocycles. The summed E-state index contributed by atoms with van der Waals surface area (Å²) in [5, 5.41) is 7.40. The smallest absolute Gasteiger partial charge is 0.0540 e. The van der Waals surface area contributed by atoms with Gasteiger partial charge in [-0.05, 0) is 131 Å². The second-order valence-corrected chi connectivity index (χ2v) is 14.8. The van der Waals surface area contributed by atoms with Crippen LogP contribution in [0.25, 0.3) is 32.3 Å². The average Bonchev–Trinajstić information content (AvgIpc) is 3.30. The average molecular weight is 747 g/mol. The summed E-state index contributed by atoms with van der Waals surface area (Å²) in [5.74, 6) is 0. The van der Waals surface area contributed by atoms with Gasteiger partial charge >= 0.3 is 0 Å². The molecule has 0 heterocycles. The van der Waals surface area contributed by atoms with Gasteiger partial charge in [0, 0.05) is 70.4 Å². The van der Waals surface area contributed by atoms with E-state index in [1.54, 1.807) is 0 Å². The maximum atomic E-state index is 2.39. The lowest BCUT2D eigenvalue weighted by Crippen LogP contribution is -2.13. The normalized spacial score (nSPS) is 11.3. The third-order valence-electron chi connectivity index (χ3n) is 11.4. The first-order chi connectivity index (χ1) is 28.6. The highest BCUT2D eigenvalue weighted by atomic mass is 15.2. The van der Waals surface area contributed by atoms with Crippen LogP contribution in [-0.2, 0) is 0 Å². The number of hydrogen-bond donors (Lipinski definition) is 0. The predicted octanol–water partition coefficient (Wildman–Crippen LogP) is 15.1. The molecule has 0 aromatic heterocycles. The Labute approximate surface area is 340 Å². The van der Waals surface area contributed by atoms with Crippen molar-refractivity contribution in [3.63, 3.8) is 0 Å². The SMILES string of the molecule is CN(c1ccccc1)c1ccc(N(c2ccccc2)c2ccc3ccc4c(N(c5ccccc5)c5ccc(N(C)c6ccccc6)cc5)ccc5ccc2c3c54)cc1. The summed E-state index contributed by atoms with van der Waals surface area (Å²) in [4.78, 5) is 9.23. The van der Waals surface area contributed by atoms with Crippen LogP contribution in [0.4, 0.5) is 56.9 Å². The number of rotatable bonds is 10. The Morgan fingerprint density at radius 3 is 0.845 bits per heavy atom. The largest absolute Gasteiger partial charge is 0.345 e. The van der Waals surface area contributed by atoms with Gasteiger partial charge in [-0.15, -0.1) is 0 Å². The molecule has 0 saturated heterocycles. The molecule has 0 fully saturated rings. The molecule has 278 valence electrons. The second-order valence-electron chi connectivity index (χ2n) is 14.8. The molecule has 0 bridgehead atoms.